The first-order valence-electron chi connectivity index (χ1n) is 6.48. The summed E-state index contributed by atoms with van der Waals surface area (Å²) in [5, 5.41) is 12.5. The summed E-state index contributed by atoms with van der Waals surface area (Å²) in [5.41, 5.74) is 3.12. The first-order valence-corrected chi connectivity index (χ1v) is 7.29. The number of nitrogens with zero attached hydrogens (tertiary/aromatic N) is 2. The number of aromatic nitrogens is 1. The van der Waals surface area contributed by atoms with Crippen molar-refractivity contribution in [2.45, 2.75) is 32.7 Å². The van der Waals surface area contributed by atoms with Crippen molar-refractivity contribution in [3.05, 3.63) is 44.8 Å². The lowest BCUT2D eigenvalue weighted by Gasteiger charge is -2.07. The van der Waals surface area contributed by atoms with Gasteiger partial charge >= 0.3 is 0 Å². The van der Waals surface area contributed by atoms with Crippen LogP contribution in [0.25, 0.3) is 0 Å². The van der Waals surface area contributed by atoms with E-state index in [4.69, 9.17) is 5.26 Å². The summed E-state index contributed by atoms with van der Waals surface area (Å²) in [6, 6.07) is 6.38. The number of nitrogens with one attached hydrogen (secondary N) is 1. The van der Waals surface area contributed by atoms with Gasteiger partial charge in [-0.3, -0.25) is 0 Å². The van der Waals surface area contributed by atoms with Crippen molar-refractivity contribution in [1.82, 2.24) is 4.98 Å². The van der Waals surface area contributed by atoms with Gasteiger partial charge in [0.15, 0.2) is 0 Å². The largest absolute Gasteiger partial charge is 0.364 e. The summed E-state index contributed by atoms with van der Waals surface area (Å²) in [5.74, 6) is 0.691. The fourth-order valence-electron chi connectivity index (χ4n) is 2.48. The molecule has 2 aromatic rings. The number of pyridine rings is 1. The second-order valence-corrected chi connectivity index (χ2v) is 6.05. The van der Waals surface area contributed by atoms with Crippen molar-refractivity contribution >= 4 is 17.2 Å². The van der Waals surface area contributed by atoms with Crippen LogP contribution in [0, 0.1) is 18.3 Å². The molecule has 3 nitrogen and oxygen atoms in total. The van der Waals surface area contributed by atoms with Crippen molar-refractivity contribution in [2.24, 2.45) is 0 Å². The number of hydrogen-bond donors (Lipinski definition) is 1. The van der Waals surface area contributed by atoms with Gasteiger partial charge < -0.3 is 5.32 Å². The fourth-order valence-corrected chi connectivity index (χ4v) is 3.68. The van der Waals surface area contributed by atoms with Crippen molar-refractivity contribution in [3.63, 3.8) is 0 Å². The summed E-state index contributed by atoms with van der Waals surface area (Å²) in [6.45, 7) is 2.69. The molecule has 2 aromatic heterocycles. The molecule has 0 unspecified atom stereocenters. The summed E-state index contributed by atoms with van der Waals surface area (Å²) < 4.78 is 0. The molecule has 0 saturated heterocycles. The molecular formula is C15H15N3S. The van der Waals surface area contributed by atoms with E-state index in [1.54, 1.807) is 6.20 Å². The Morgan fingerprint density at radius 2 is 2.37 bits per heavy atom. The highest BCUT2D eigenvalue weighted by atomic mass is 32.1. The van der Waals surface area contributed by atoms with Gasteiger partial charge in [0.05, 0.1) is 12.1 Å². The van der Waals surface area contributed by atoms with Crippen LogP contribution in [-0.4, -0.2) is 4.98 Å². The minimum absolute atomic E-state index is 0.645. The van der Waals surface area contributed by atoms with Gasteiger partial charge in [0, 0.05) is 16.0 Å². The third-order valence-electron chi connectivity index (χ3n) is 3.50. The maximum Gasteiger partial charge on any atom is 0.144 e. The minimum atomic E-state index is 0.645. The first kappa shape index (κ1) is 12.2. The molecule has 0 aromatic carbocycles. The molecule has 0 spiro atoms. The molecule has 0 bridgehead atoms. The van der Waals surface area contributed by atoms with E-state index in [1.165, 1.54) is 34.6 Å². The Morgan fingerprint density at radius 3 is 3.16 bits per heavy atom. The number of aryl methyl sites for hydroxylation is 3. The molecule has 1 N–H and O–H groups in total. The molecule has 19 heavy (non-hydrogen) atoms. The number of fused-ring (bicyclic) bond motifs is 1. The van der Waals surface area contributed by atoms with E-state index in [-0.39, 0.29) is 0 Å². The third-order valence-corrected chi connectivity index (χ3v) is 4.74. The lowest BCUT2D eigenvalue weighted by atomic mass is 10.1. The molecule has 0 fully saturated rings. The Kier molecular flexibility index (Phi) is 3.22. The van der Waals surface area contributed by atoms with Gasteiger partial charge in [0.25, 0.3) is 0 Å². The Balaban J connectivity index is 1.76. The average Bonchev–Trinajstić information content (AvgIpc) is 2.97. The number of hydrogen-bond acceptors (Lipinski definition) is 4. The predicted octanol–water partition coefficient (Wildman–Crippen LogP) is 3.42. The normalized spacial score (nSPS) is 13.1. The van der Waals surface area contributed by atoms with Crippen molar-refractivity contribution in [2.75, 3.05) is 5.32 Å². The summed E-state index contributed by atoms with van der Waals surface area (Å²) >= 11 is 1.89. The van der Waals surface area contributed by atoms with Crippen LogP contribution in [0.4, 0.5) is 5.82 Å². The van der Waals surface area contributed by atoms with Crippen LogP contribution in [0.5, 0.6) is 0 Å². The molecule has 1 aliphatic carbocycles. The lowest BCUT2D eigenvalue weighted by Crippen LogP contribution is -2.03. The maximum atomic E-state index is 9.16. The van der Waals surface area contributed by atoms with E-state index >= 15 is 0 Å². The minimum Gasteiger partial charge on any atom is -0.364 e. The van der Waals surface area contributed by atoms with Crippen LogP contribution in [0.2, 0.25) is 0 Å². The Bertz CT molecular complexity index is 630. The molecule has 3 rings (SSSR count). The molecule has 1 aliphatic rings. The third kappa shape index (κ3) is 2.34. The molecule has 2 heterocycles. The number of thiophene rings is 1. The van der Waals surface area contributed by atoms with E-state index in [1.807, 2.05) is 24.3 Å². The van der Waals surface area contributed by atoms with Gasteiger partial charge in [0.1, 0.15) is 11.9 Å². The van der Waals surface area contributed by atoms with Crippen LogP contribution >= 0.6 is 11.3 Å². The highest BCUT2D eigenvalue weighted by Crippen LogP contribution is 2.31. The van der Waals surface area contributed by atoms with E-state index in [0.717, 1.165) is 12.1 Å². The second kappa shape index (κ2) is 5.02. The van der Waals surface area contributed by atoms with Gasteiger partial charge in [-0.25, -0.2) is 4.98 Å². The second-order valence-electron chi connectivity index (χ2n) is 4.83. The van der Waals surface area contributed by atoms with Crippen molar-refractivity contribution in [1.29, 1.82) is 5.26 Å². The average molecular weight is 269 g/mol. The fraction of sp³-hybridized carbons (Fsp3) is 0.333. The van der Waals surface area contributed by atoms with E-state index in [2.05, 4.69) is 22.4 Å². The summed E-state index contributed by atoms with van der Waals surface area (Å²) in [7, 11) is 0. The monoisotopic (exact) mass is 269 g/mol. The van der Waals surface area contributed by atoms with E-state index in [9.17, 15) is 0 Å². The standard InChI is InChI=1S/C15H15N3S/c1-10-5-6-17-15(13(10)8-16)18-9-12-7-11-3-2-4-14(11)19-12/h5-7H,2-4,9H2,1H3,(H,17,18). The topological polar surface area (TPSA) is 48.7 Å². The molecule has 0 atom stereocenters. The molecule has 0 radical (unpaired) electrons. The van der Waals surface area contributed by atoms with Crippen molar-refractivity contribution in [3.8, 4) is 6.07 Å². The number of anilines is 1. The van der Waals surface area contributed by atoms with E-state index < -0.39 is 0 Å². The van der Waals surface area contributed by atoms with Crippen LogP contribution in [-0.2, 0) is 19.4 Å². The van der Waals surface area contributed by atoms with Gasteiger partial charge in [-0.15, -0.1) is 11.3 Å². The van der Waals surface area contributed by atoms with Gasteiger partial charge in [0.2, 0.25) is 0 Å². The zero-order valence-electron chi connectivity index (χ0n) is 10.9. The van der Waals surface area contributed by atoms with E-state index in [0.29, 0.717) is 11.4 Å². The van der Waals surface area contributed by atoms with Crippen LogP contribution in [0.1, 0.15) is 32.9 Å². The maximum absolute atomic E-state index is 9.16. The Labute approximate surface area is 116 Å². The van der Waals surface area contributed by atoms with Crippen molar-refractivity contribution < 1.29 is 0 Å². The smallest absolute Gasteiger partial charge is 0.144 e. The first-order chi connectivity index (χ1) is 9.28. The molecule has 0 aliphatic heterocycles. The summed E-state index contributed by atoms with van der Waals surface area (Å²) in [4.78, 5) is 7.13. The van der Waals surface area contributed by atoms with Gasteiger partial charge in [-0.1, -0.05) is 0 Å². The lowest BCUT2D eigenvalue weighted by molar-refractivity contribution is 0.913. The zero-order chi connectivity index (χ0) is 13.2. The SMILES string of the molecule is Cc1ccnc(NCc2cc3c(s2)CCC3)c1C#N. The number of nitriles is 1. The molecule has 96 valence electrons. The van der Waals surface area contributed by atoms with Gasteiger partial charge in [-0.2, -0.15) is 5.26 Å². The highest BCUT2D eigenvalue weighted by Gasteiger charge is 2.15. The molecule has 0 saturated carbocycles. The number of rotatable bonds is 3. The molecule has 0 amide bonds. The molecular weight excluding hydrogens is 254 g/mol. The van der Waals surface area contributed by atoms with Crippen LogP contribution in [0.15, 0.2) is 18.3 Å². The summed E-state index contributed by atoms with van der Waals surface area (Å²) in [6.07, 6.45) is 5.49. The molecule has 4 heteroatoms. The van der Waals surface area contributed by atoms with Gasteiger partial charge in [-0.05, 0) is 49.4 Å². The Morgan fingerprint density at radius 1 is 1.47 bits per heavy atom. The predicted molar refractivity (Wildman–Crippen MR) is 77.4 cm³/mol. The highest BCUT2D eigenvalue weighted by molar-refractivity contribution is 7.12. The Hall–Kier alpha value is -1.86. The van der Waals surface area contributed by atoms with Crippen LogP contribution in [0.3, 0.4) is 0 Å². The quantitative estimate of drug-likeness (QED) is 0.928. The van der Waals surface area contributed by atoms with Crippen LogP contribution < -0.4 is 5.32 Å². The zero-order valence-corrected chi connectivity index (χ0v) is 11.7.